The summed E-state index contributed by atoms with van der Waals surface area (Å²) >= 11 is 0. The van der Waals surface area contributed by atoms with E-state index in [9.17, 15) is 14.7 Å². The molecule has 1 aliphatic heterocycles. The highest BCUT2D eigenvalue weighted by molar-refractivity contribution is 5.94. The largest absolute Gasteiger partial charge is 0.480 e. The minimum atomic E-state index is -1.01. The second-order valence-electron chi connectivity index (χ2n) is 6.72. The molecule has 0 unspecified atom stereocenters. The topological polar surface area (TPSA) is 90.9 Å². The molecule has 1 saturated heterocycles. The van der Waals surface area contributed by atoms with Crippen molar-refractivity contribution in [1.82, 2.24) is 10.2 Å². The number of anilines is 1. The molecular weight excluding hydrogens is 334 g/mol. The first-order valence-corrected chi connectivity index (χ1v) is 9.09. The molecule has 1 heterocycles. The Labute approximate surface area is 154 Å². The molecule has 26 heavy (non-hydrogen) atoms. The van der Waals surface area contributed by atoms with Crippen LogP contribution in [0.15, 0.2) is 18.2 Å². The Hall–Kier alpha value is -1.96. The zero-order chi connectivity index (χ0) is 18.9. The summed E-state index contributed by atoms with van der Waals surface area (Å²) in [4.78, 5) is 26.0. The van der Waals surface area contributed by atoms with Crippen LogP contribution in [0.5, 0.6) is 0 Å². The highest BCUT2D eigenvalue weighted by Gasteiger charge is 2.21. The number of carbonyl (C=O) groups excluding carboxylic acids is 1. The van der Waals surface area contributed by atoms with Gasteiger partial charge in [0.2, 0.25) is 5.91 Å². The second kappa shape index (κ2) is 10.3. The Morgan fingerprint density at radius 1 is 1.27 bits per heavy atom. The standard InChI is InChI=1S/C19H29N3O4/c1-14-4-5-15(2)16(12-14)21-18(23)13-17(19(24)25)20-6-3-7-22-8-10-26-11-9-22/h4-5,12,17,20H,3,6-11,13H2,1-2H3,(H,21,23)(H,24,25)/t17-/m0/s1. The van der Waals surface area contributed by atoms with Crippen molar-refractivity contribution in [2.24, 2.45) is 0 Å². The van der Waals surface area contributed by atoms with E-state index in [-0.39, 0.29) is 12.3 Å². The van der Waals surface area contributed by atoms with E-state index in [1.165, 1.54) is 0 Å². The van der Waals surface area contributed by atoms with Crippen LogP contribution < -0.4 is 10.6 Å². The van der Waals surface area contributed by atoms with E-state index in [0.717, 1.165) is 56.1 Å². The molecule has 1 fully saturated rings. The average molecular weight is 363 g/mol. The Morgan fingerprint density at radius 2 is 2.00 bits per heavy atom. The van der Waals surface area contributed by atoms with Gasteiger partial charge in [0.25, 0.3) is 0 Å². The number of ether oxygens (including phenoxy) is 1. The number of nitrogens with one attached hydrogen (secondary N) is 2. The molecule has 1 atom stereocenters. The minimum absolute atomic E-state index is 0.0970. The summed E-state index contributed by atoms with van der Waals surface area (Å²) in [6, 6.07) is 4.91. The number of rotatable bonds is 9. The lowest BCUT2D eigenvalue weighted by atomic mass is 10.1. The summed E-state index contributed by atoms with van der Waals surface area (Å²) in [6.07, 6.45) is 0.739. The third kappa shape index (κ3) is 6.74. The zero-order valence-corrected chi connectivity index (χ0v) is 15.6. The number of benzene rings is 1. The van der Waals surface area contributed by atoms with Crippen molar-refractivity contribution in [2.75, 3.05) is 44.7 Å². The summed E-state index contributed by atoms with van der Waals surface area (Å²) in [5.74, 6) is -1.31. The van der Waals surface area contributed by atoms with Crippen molar-refractivity contribution >= 4 is 17.6 Å². The molecule has 3 N–H and O–H groups in total. The third-order valence-corrected chi connectivity index (χ3v) is 4.50. The summed E-state index contributed by atoms with van der Waals surface area (Å²) in [6.45, 7) is 8.66. The molecule has 0 spiro atoms. The minimum Gasteiger partial charge on any atom is -0.480 e. The van der Waals surface area contributed by atoms with Crippen LogP contribution in [0.2, 0.25) is 0 Å². The number of aryl methyl sites for hydroxylation is 2. The van der Waals surface area contributed by atoms with E-state index in [4.69, 9.17) is 4.74 Å². The van der Waals surface area contributed by atoms with Crippen LogP contribution in [0.3, 0.4) is 0 Å². The maximum Gasteiger partial charge on any atom is 0.321 e. The maximum atomic E-state index is 12.2. The lowest BCUT2D eigenvalue weighted by Gasteiger charge is -2.26. The number of amides is 1. The molecule has 0 saturated carbocycles. The van der Waals surface area contributed by atoms with Crippen LogP contribution in [0.4, 0.5) is 5.69 Å². The first kappa shape index (κ1) is 20.4. The van der Waals surface area contributed by atoms with Crippen LogP contribution in [-0.4, -0.2) is 67.3 Å². The van der Waals surface area contributed by atoms with Crippen LogP contribution >= 0.6 is 0 Å². The van der Waals surface area contributed by atoms with Gasteiger partial charge in [0.15, 0.2) is 0 Å². The molecule has 1 aliphatic rings. The molecule has 1 amide bonds. The van der Waals surface area contributed by atoms with E-state index in [1.54, 1.807) is 0 Å². The van der Waals surface area contributed by atoms with Crippen molar-refractivity contribution < 1.29 is 19.4 Å². The van der Waals surface area contributed by atoms with Crippen molar-refractivity contribution in [3.05, 3.63) is 29.3 Å². The molecule has 2 rings (SSSR count). The van der Waals surface area contributed by atoms with E-state index in [1.807, 2.05) is 32.0 Å². The van der Waals surface area contributed by atoms with Crippen molar-refractivity contribution in [3.8, 4) is 0 Å². The van der Waals surface area contributed by atoms with Gasteiger partial charge in [-0.15, -0.1) is 0 Å². The van der Waals surface area contributed by atoms with Gasteiger partial charge in [-0.25, -0.2) is 0 Å². The third-order valence-electron chi connectivity index (χ3n) is 4.50. The fourth-order valence-electron chi connectivity index (χ4n) is 2.91. The highest BCUT2D eigenvalue weighted by Crippen LogP contribution is 2.16. The lowest BCUT2D eigenvalue weighted by molar-refractivity contribution is -0.141. The van der Waals surface area contributed by atoms with Crippen LogP contribution in [0.25, 0.3) is 0 Å². The van der Waals surface area contributed by atoms with Gasteiger partial charge in [0, 0.05) is 18.8 Å². The van der Waals surface area contributed by atoms with Gasteiger partial charge in [-0.3, -0.25) is 14.5 Å². The van der Waals surface area contributed by atoms with Crippen LogP contribution in [0, 0.1) is 13.8 Å². The first-order chi connectivity index (χ1) is 12.5. The van der Waals surface area contributed by atoms with Crippen molar-refractivity contribution in [1.29, 1.82) is 0 Å². The van der Waals surface area contributed by atoms with E-state index < -0.39 is 12.0 Å². The number of hydrogen-bond acceptors (Lipinski definition) is 5. The van der Waals surface area contributed by atoms with Gasteiger partial charge in [-0.2, -0.15) is 0 Å². The molecule has 1 aromatic carbocycles. The predicted molar refractivity (Wildman–Crippen MR) is 100 cm³/mol. The normalized spacial score (nSPS) is 16.2. The molecule has 144 valence electrons. The quantitative estimate of drug-likeness (QED) is 0.575. The summed E-state index contributed by atoms with van der Waals surface area (Å²) in [5, 5.41) is 15.2. The van der Waals surface area contributed by atoms with Gasteiger partial charge < -0.3 is 20.5 Å². The monoisotopic (exact) mass is 363 g/mol. The maximum absolute atomic E-state index is 12.2. The average Bonchev–Trinajstić information content (AvgIpc) is 2.61. The van der Waals surface area contributed by atoms with Crippen LogP contribution in [-0.2, 0) is 14.3 Å². The lowest BCUT2D eigenvalue weighted by Crippen LogP contribution is -2.42. The van der Waals surface area contributed by atoms with Gasteiger partial charge in [-0.05, 0) is 50.6 Å². The molecule has 0 aliphatic carbocycles. The molecule has 1 aromatic rings. The molecular formula is C19H29N3O4. The Morgan fingerprint density at radius 3 is 2.69 bits per heavy atom. The highest BCUT2D eigenvalue weighted by atomic mass is 16.5. The fraction of sp³-hybridized carbons (Fsp3) is 0.579. The van der Waals surface area contributed by atoms with E-state index in [2.05, 4.69) is 15.5 Å². The Balaban J connectivity index is 1.76. The number of nitrogens with zero attached hydrogens (tertiary/aromatic N) is 1. The smallest absolute Gasteiger partial charge is 0.321 e. The summed E-state index contributed by atoms with van der Waals surface area (Å²) in [5.41, 5.74) is 2.72. The van der Waals surface area contributed by atoms with Gasteiger partial charge in [-0.1, -0.05) is 12.1 Å². The number of morpholine rings is 1. The van der Waals surface area contributed by atoms with Gasteiger partial charge >= 0.3 is 5.97 Å². The van der Waals surface area contributed by atoms with Gasteiger partial charge in [0.1, 0.15) is 6.04 Å². The number of hydrogen-bond donors (Lipinski definition) is 3. The predicted octanol–water partition coefficient (Wildman–Crippen LogP) is 1.40. The Bertz CT molecular complexity index is 615. The molecule has 7 heteroatoms. The summed E-state index contributed by atoms with van der Waals surface area (Å²) < 4.78 is 5.30. The first-order valence-electron chi connectivity index (χ1n) is 9.09. The van der Waals surface area contributed by atoms with Crippen molar-refractivity contribution in [3.63, 3.8) is 0 Å². The number of carbonyl (C=O) groups is 2. The van der Waals surface area contributed by atoms with Gasteiger partial charge in [0.05, 0.1) is 19.6 Å². The van der Waals surface area contributed by atoms with Crippen molar-refractivity contribution in [2.45, 2.75) is 32.7 Å². The molecule has 0 bridgehead atoms. The van der Waals surface area contributed by atoms with E-state index in [0.29, 0.717) is 6.54 Å². The zero-order valence-electron chi connectivity index (χ0n) is 15.6. The fourth-order valence-corrected chi connectivity index (χ4v) is 2.91. The molecule has 0 radical (unpaired) electrons. The molecule has 0 aromatic heterocycles. The number of carboxylic acids is 1. The number of aliphatic carboxylic acids is 1. The number of carboxylic acid groups (broad SMARTS) is 1. The summed E-state index contributed by atoms with van der Waals surface area (Å²) in [7, 11) is 0. The van der Waals surface area contributed by atoms with E-state index >= 15 is 0 Å². The molecule has 7 nitrogen and oxygen atoms in total. The SMILES string of the molecule is Cc1ccc(C)c(NC(=O)C[C@H](NCCCN2CCOCC2)C(=O)O)c1. The van der Waals surface area contributed by atoms with Crippen LogP contribution in [0.1, 0.15) is 24.0 Å². The Kier molecular flexibility index (Phi) is 8.03. The second-order valence-corrected chi connectivity index (χ2v) is 6.72.